The summed E-state index contributed by atoms with van der Waals surface area (Å²) in [6.07, 6.45) is 2.77. The van der Waals surface area contributed by atoms with E-state index in [1.165, 1.54) is 0 Å². The smallest absolute Gasteiger partial charge is 0.232 e. The Morgan fingerprint density at radius 1 is 1.42 bits per heavy atom. The van der Waals surface area contributed by atoms with E-state index in [4.69, 9.17) is 16.3 Å². The average molecular weight is 286 g/mol. The predicted molar refractivity (Wildman–Crippen MR) is 79.9 cm³/mol. The number of halogens is 1. The van der Waals surface area contributed by atoms with Crippen LogP contribution in [0.5, 0.6) is 5.88 Å². The Labute approximate surface area is 121 Å². The van der Waals surface area contributed by atoms with Crippen LogP contribution in [-0.4, -0.2) is 43.2 Å². The summed E-state index contributed by atoms with van der Waals surface area (Å²) in [7, 11) is 4.09. The van der Waals surface area contributed by atoms with Gasteiger partial charge in [0.1, 0.15) is 5.02 Å². The molecule has 1 aromatic heterocycles. The molecule has 0 fully saturated rings. The summed E-state index contributed by atoms with van der Waals surface area (Å²) in [5.74, 6) is 0.522. The zero-order valence-corrected chi connectivity index (χ0v) is 13.0. The second kappa shape index (κ2) is 8.35. The molecular formula is C14H24ClN3O. The van der Waals surface area contributed by atoms with Gasteiger partial charge in [-0.3, -0.25) is 0 Å². The van der Waals surface area contributed by atoms with E-state index in [1.54, 1.807) is 0 Å². The van der Waals surface area contributed by atoms with Crippen LogP contribution in [0.1, 0.15) is 25.8 Å². The van der Waals surface area contributed by atoms with Crippen LogP contribution in [-0.2, 0) is 6.54 Å². The Bertz CT molecular complexity index is 383. The van der Waals surface area contributed by atoms with Crippen LogP contribution in [0.25, 0.3) is 0 Å². The molecule has 0 spiro atoms. The van der Waals surface area contributed by atoms with Gasteiger partial charge in [-0.05, 0) is 32.1 Å². The maximum Gasteiger partial charge on any atom is 0.232 e. The molecule has 4 nitrogen and oxygen atoms in total. The molecule has 0 atom stereocenters. The normalized spacial score (nSPS) is 11.3. The minimum Gasteiger partial charge on any atom is -0.477 e. The topological polar surface area (TPSA) is 37.4 Å². The van der Waals surface area contributed by atoms with Gasteiger partial charge in [-0.1, -0.05) is 25.4 Å². The Morgan fingerprint density at radius 3 is 2.74 bits per heavy atom. The van der Waals surface area contributed by atoms with Crippen molar-refractivity contribution < 1.29 is 4.74 Å². The van der Waals surface area contributed by atoms with Gasteiger partial charge in [0.05, 0.1) is 6.61 Å². The number of nitrogens with one attached hydrogen (secondary N) is 1. The first kappa shape index (κ1) is 16.2. The lowest BCUT2D eigenvalue weighted by Crippen LogP contribution is -2.21. The van der Waals surface area contributed by atoms with Crippen molar-refractivity contribution in [1.82, 2.24) is 15.2 Å². The molecule has 0 radical (unpaired) electrons. The van der Waals surface area contributed by atoms with Gasteiger partial charge in [0.15, 0.2) is 0 Å². The third kappa shape index (κ3) is 6.76. The molecule has 5 heteroatoms. The Balaban J connectivity index is 2.43. The van der Waals surface area contributed by atoms with Crippen LogP contribution in [0.4, 0.5) is 0 Å². The standard InChI is InChI=1S/C14H24ClN3O/c1-11(2)16-9-12-8-13(15)14(17-10-12)19-7-5-6-18(3)4/h8,10-11,16H,5-7,9H2,1-4H3. The van der Waals surface area contributed by atoms with Gasteiger partial charge >= 0.3 is 0 Å². The van der Waals surface area contributed by atoms with Gasteiger partial charge in [-0.25, -0.2) is 4.98 Å². The van der Waals surface area contributed by atoms with Crippen LogP contribution in [0.3, 0.4) is 0 Å². The van der Waals surface area contributed by atoms with Crippen molar-refractivity contribution in [1.29, 1.82) is 0 Å². The highest BCUT2D eigenvalue weighted by Gasteiger charge is 2.05. The summed E-state index contributed by atoms with van der Waals surface area (Å²) >= 11 is 6.16. The minimum atomic E-state index is 0.445. The number of aromatic nitrogens is 1. The Morgan fingerprint density at radius 2 is 2.16 bits per heavy atom. The summed E-state index contributed by atoms with van der Waals surface area (Å²) in [5, 5.41) is 3.91. The fraction of sp³-hybridized carbons (Fsp3) is 0.643. The highest BCUT2D eigenvalue weighted by Crippen LogP contribution is 2.22. The second-order valence-electron chi connectivity index (χ2n) is 5.17. The number of nitrogens with zero attached hydrogens (tertiary/aromatic N) is 2. The van der Waals surface area contributed by atoms with E-state index >= 15 is 0 Å². The Kier molecular flexibility index (Phi) is 7.13. The molecule has 0 saturated carbocycles. The SMILES string of the molecule is CC(C)NCc1cnc(OCCCN(C)C)c(Cl)c1. The molecule has 0 aliphatic carbocycles. The summed E-state index contributed by atoms with van der Waals surface area (Å²) in [6, 6.07) is 2.35. The molecular weight excluding hydrogens is 262 g/mol. The molecule has 0 amide bonds. The molecule has 19 heavy (non-hydrogen) atoms. The summed E-state index contributed by atoms with van der Waals surface area (Å²) in [4.78, 5) is 6.39. The van der Waals surface area contributed by atoms with E-state index in [-0.39, 0.29) is 0 Å². The quantitative estimate of drug-likeness (QED) is 0.745. The monoisotopic (exact) mass is 285 g/mol. The van der Waals surface area contributed by atoms with Crippen LogP contribution in [0.2, 0.25) is 5.02 Å². The molecule has 0 aliphatic heterocycles. The first-order valence-electron chi connectivity index (χ1n) is 6.64. The molecule has 1 rings (SSSR count). The molecule has 0 aromatic carbocycles. The predicted octanol–water partition coefficient (Wildman–Crippen LogP) is 2.56. The number of rotatable bonds is 8. The van der Waals surface area contributed by atoms with Gasteiger partial charge in [0.2, 0.25) is 5.88 Å². The molecule has 108 valence electrons. The van der Waals surface area contributed by atoms with E-state index in [0.717, 1.165) is 25.1 Å². The molecule has 0 unspecified atom stereocenters. The van der Waals surface area contributed by atoms with Crippen molar-refractivity contribution in [2.24, 2.45) is 0 Å². The first-order valence-corrected chi connectivity index (χ1v) is 7.02. The van der Waals surface area contributed by atoms with Gasteiger partial charge in [-0.15, -0.1) is 0 Å². The largest absolute Gasteiger partial charge is 0.477 e. The van der Waals surface area contributed by atoms with E-state index in [0.29, 0.717) is 23.6 Å². The van der Waals surface area contributed by atoms with E-state index in [2.05, 4.69) is 29.0 Å². The third-order valence-electron chi connectivity index (χ3n) is 2.57. The number of hydrogen-bond acceptors (Lipinski definition) is 4. The van der Waals surface area contributed by atoms with Crippen molar-refractivity contribution >= 4 is 11.6 Å². The van der Waals surface area contributed by atoms with Crippen LogP contribution in [0, 0.1) is 0 Å². The molecule has 0 bridgehead atoms. The van der Waals surface area contributed by atoms with Crippen molar-refractivity contribution in [3.8, 4) is 5.88 Å². The van der Waals surface area contributed by atoms with E-state index in [9.17, 15) is 0 Å². The molecule has 1 N–H and O–H groups in total. The average Bonchev–Trinajstić information content (AvgIpc) is 2.33. The van der Waals surface area contributed by atoms with Crippen LogP contribution < -0.4 is 10.1 Å². The lowest BCUT2D eigenvalue weighted by atomic mass is 10.2. The molecule has 1 heterocycles. The van der Waals surface area contributed by atoms with Gasteiger partial charge in [-0.2, -0.15) is 0 Å². The summed E-state index contributed by atoms with van der Waals surface area (Å²) < 4.78 is 5.58. The van der Waals surface area contributed by atoms with Crippen molar-refractivity contribution in [2.75, 3.05) is 27.2 Å². The Hall–Kier alpha value is -0.840. The lowest BCUT2D eigenvalue weighted by molar-refractivity contribution is 0.273. The molecule has 0 saturated heterocycles. The van der Waals surface area contributed by atoms with Crippen molar-refractivity contribution in [2.45, 2.75) is 32.9 Å². The second-order valence-corrected chi connectivity index (χ2v) is 5.58. The zero-order valence-electron chi connectivity index (χ0n) is 12.2. The maximum absolute atomic E-state index is 6.16. The number of hydrogen-bond donors (Lipinski definition) is 1. The van der Waals surface area contributed by atoms with Crippen molar-refractivity contribution in [3.05, 3.63) is 22.8 Å². The lowest BCUT2D eigenvalue weighted by Gasteiger charge is -2.12. The molecule has 0 aliphatic rings. The zero-order chi connectivity index (χ0) is 14.3. The van der Waals surface area contributed by atoms with Crippen LogP contribution >= 0.6 is 11.6 Å². The van der Waals surface area contributed by atoms with Gasteiger partial charge in [0.25, 0.3) is 0 Å². The highest BCUT2D eigenvalue weighted by atomic mass is 35.5. The van der Waals surface area contributed by atoms with E-state index in [1.807, 2.05) is 26.4 Å². The summed E-state index contributed by atoms with van der Waals surface area (Å²) in [5.41, 5.74) is 1.07. The van der Waals surface area contributed by atoms with Crippen LogP contribution in [0.15, 0.2) is 12.3 Å². The minimum absolute atomic E-state index is 0.445. The number of ether oxygens (including phenoxy) is 1. The first-order chi connectivity index (χ1) is 8.99. The maximum atomic E-state index is 6.16. The van der Waals surface area contributed by atoms with Gasteiger partial charge < -0.3 is 15.0 Å². The summed E-state index contributed by atoms with van der Waals surface area (Å²) in [6.45, 7) is 6.61. The fourth-order valence-electron chi connectivity index (χ4n) is 1.54. The third-order valence-corrected chi connectivity index (χ3v) is 2.84. The highest BCUT2D eigenvalue weighted by molar-refractivity contribution is 6.31. The van der Waals surface area contributed by atoms with Crippen molar-refractivity contribution in [3.63, 3.8) is 0 Å². The fourth-order valence-corrected chi connectivity index (χ4v) is 1.78. The number of pyridine rings is 1. The molecule has 1 aromatic rings. The van der Waals surface area contributed by atoms with E-state index < -0.39 is 0 Å². The van der Waals surface area contributed by atoms with Gasteiger partial charge in [0, 0.05) is 25.3 Å².